The summed E-state index contributed by atoms with van der Waals surface area (Å²) in [6.07, 6.45) is 4.54. The Balaban J connectivity index is 1.42. The first kappa shape index (κ1) is 39.0. The molecule has 0 spiro atoms. The number of likely N-dealkylation sites (tertiary alicyclic amines) is 1. The van der Waals surface area contributed by atoms with Crippen LogP contribution in [0.4, 0.5) is 14.9 Å². The fourth-order valence-corrected chi connectivity index (χ4v) is 9.28. The van der Waals surface area contributed by atoms with Crippen LogP contribution >= 0.6 is 0 Å². The summed E-state index contributed by atoms with van der Waals surface area (Å²) in [6.45, 7) is 14.6. The van der Waals surface area contributed by atoms with Crippen LogP contribution in [0.25, 0.3) is 5.76 Å². The molecule has 7 rings (SSSR count). The number of ketones is 2. The second kappa shape index (κ2) is 14.7. The number of hydrogen-bond acceptors (Lipinski definition) is 12. The van der Waals surface area contributed by atoms with Gasteiger partial charge in [-0.25, -0.2) is 9.18 Å². The summed E-state index contributed by atoms with van der Waals surface area (Å²) in [5, 5.41) is 32.1. The van der Waals surface area contributed by atoms with Gasteiger partial charge in [-0.05, 0) is 83.5 Å². The minimum atomic E-state index is -2.64. The van der Waals surface area contributed by atoms with Crippen LogP contribution in [0, 0.1) is 23.6 Å². The number of nitrogens with zero attached hydrogens (tertiary/aromatic N) is 3. The number of fused-ring (bicyclic) bond motifs is 7. The van der Waals surface area contributed by atoms with Crippen LogP contribution in [0.15, 0.2) is 22.8 Å². The fourth-order valence-electron chi connectivity index (χ4n) is 9.28. The van der Waals surface area contributed by atoms with E-state index in [0.29, 0.717) is 24.9 Å². The number of nitrogens with one attached hydrogen (secondary N) is 1. The van der Waals surface area contributed by atoms with Crippen molar-refractivity contribution in [1.29, 1.82) is 0 Å². The standard InChI is InChI=1S/C41H53FN4O9/c1-8-11-16-52-35-26-23(29(42)27-31-21(13-15-45(31)7)20-46(32(27)35)39(50)54-40(4,5)6)18-22-19-24-30(43-14-10-3)34-28(38(44-55-34)53-17-12-9-2)37(49)41(24,51)36(48)25(22)33(26)47/h10,21-22,24,30-31,43,47,51H,3,8-9,11-20H2,1-2,4-7H3/t21?,22-,24-,30-,31?,41-/m0/s1. The number of carbonyl (C=O) groups excluding carboxylic acids is 3. The molecular formula is C41H53FN4O9. The number of amides is 1. The van der Waals surface area contributed by atoms with Gasteiger partial charge in [-0.3, -0.25) is 19.4 Å². The molecule has 3 aliphatic carbocycles. The minimum absolute atomic E-state index is 0.0202. The SMILES string of the molecule is C=CCN[C@@H]1c2onc(OCCCC)c2C(=O)[C@@]2(O)C(=O)C3=C(O)c4c(c(F)c5c(c4OCCCC)N(C(=O)OC(C)(C)C)CC4CCN(C)C54)C[C@H]3C[C@@H]12. The van der Waals surface area contributed by atoms with Gasteiger partial charge in [0, 0.05) is 41.7 Å². The number of carbonyl (C=O) groups is 3. The van der Waals surface area contributed by atoms with E-state index in [2.05, 4.69) is 22.0 Å². The maximum absolute atomic E-state index is 17.6. The van der Waals surface area contributed by atoms with Crippen LogP contribution in [0.2, 0.25) is 0 Å². The van der Waals surface area contributed by atoms with Crippen LogP contribution in [0.3, 0.4) is 0 Å². The van der Waals surface area contributed by atoms with Gasteiger partial charge in [-0.1, -0.05) is 32.8 Å². The molecule has 14 heteroatoms. The van der Waals surface area contributed by atoms with E-state index in [1.807, 2.05) is 20.9 Å². The largest absolute Gasteiger partial charge is 0.507 e. The molecule has 55 heavy (non-hydrogen) atoms. The van der Waals surface area contributed by atoms with Gasteiger partial charge in [-0.15, -0.1) is 6.58 Å². The Morgan fingerprint density at radius 3 is 2.53 bits per heavy atom. The average molecular weight is 765 g/mol. The quantitative estimate of drug-likeness (QED) is 0.131. The lowest BCUT2D eigenvalue weighted by Crippen LogP contribution is -2.63. The molecule has 2 fully saturated rings. The number of anilines is 1. The molecule has 5 aliphatic rings. The Morgan fingerprint density at radius 2 is 1.85 bits per heavy atom. The van der Waals surface area contributed by atoms with Crippen LogP contribution < -0.4 is 19.7 Å². The molecule has 2 aromatic rings. The maximum atomic E-state index is 17.6. The summed E-state index contributed by atoms with van der Waals surface area (Å²) in [4.78, 5) is 46.8. The average Bonchev–Trinajstić information content (AvgIpc) is 3.73. The summed E-state index contributed by atoms with van der Waals surface area (Å²) in [5.74, 6) is -4.94. The number of ether oxygens (including phenoxy) is 3. The Morgan fingerprint density at radius 1 is 1.15 bits per heavy atom. The minimum Gasteiger partial charge on any atom is -0.507 e. The first-order chi connectivity index (χ1) is 26.2. The normalized spacial score (nSPS) is 27.1. The monoisotopic (exact) mass is 764 g/mol. The van der Waals surface area contributed by atoms with Gasteiger partial charge in [-0.2, -0.15) is 0 Å². The first-order valence-electron chi connectivity index (χ1n) is 19.6. The van der Waals surface area contributed by atoms with Crippen LogP contribution in [0.1, 0.15) is 118 Å². The van der Waals surface area contributed by atoms with Crippen LogP contribution in [0.5, 0.6) is 11.6 Å². The van der Waals surface area contributed by atoms with Gasteiger partial charge in [0.2, 0.25) is 11.6 Å². The Bertz CT molecular complexity index is 1930. The molecule has 298 valence electrons. The third-order valence-corrected chi connectivity index (χ3v) is 11.8. The van der Waals surface area contributed by atoms with Gasteiger partial charge < -0.3 is 34.3 Å². The van der Waals surface area contributed by atoms with Crippen molar-refractivity contribution < 1.29 is 47.7 Å². The number of hydrogen-bond donors (Lipinski definition) is 3. The molecule has 13 nitrogen and oxygen atoms in total. The summed E-state index contributed by atoms with van der Waals surface area (Å²) in [6, 6.07) is -1.24. The number of rotatable bonds is 11. The fraction of sp³-hybridized carbons (Fsp3) is 0.610. The summed E-state index contributed by atoms with van der Waals surface area (Å²) < 4.78 is 41.4. The molecule has 3 heterocycles. The molecule has 1 amide bonds. The molecule has 2 unspecified atom stereocenters. The topological polar surface area (TPSA) is 164 Å². The van der Waals surface area contributed by atoms with Crippen molar-refractivity contribution >= 4 is 29.1 Å². The maximum Gasteiger partial charge on any atom is 0.414 e. The number of Topliss-reactive ketones (excluding diaryl/α,β-unsaturated/α-hetero) is 2. The first-order valence-corrected chi connectivity index (χ1v) is 19.6. The van der Waals surface area contributed by atoms with E-state index >= 15 is 4.39 Å². The molecule has 1 aromatic heterocycles. The van der Waals surface area contributed by atoms with Crippen LogP contribution in [-0.2, 0) is 16.0 Å². The van der Waals surface area contributed by atoms with Gasteiger partial charge in [0.05, 0.1) is 30.5 Å². The van der Waals surface area contributed by atoms with Crippen molar-refractivity contribution in [3.8, 4) is 11.6 Å². The smallest absolute Gasteiger partial charge is 0.414 e. The van der Waals surface area contributed by atoms with Crippen molar-refractivity contribution in [2.75, 3.05) is 44.8 Å². The molecule has 0 bridgehead atoms. The number of aliphatic hydroxyl groups excluding tert-OH is 1. The van der Waals surface area contributed by atoms with Crippen molar-refractivity contribution in [1.82, 2.24) is 15.4 Å². The van der Waals surface area contributed by atoms with Crippen molar-refractivity contribution in [3.05, 3.63) is 52.1 Å². The predicted molar refractivity (Wildman–Crippen MR) is 201 cm³/mol. The van der Waals surface area contributed by atoms with Gasteiger partial charge in [0.1, 0.15) is 22.7 Å². The highest BCUT2D eigenvalue weighted by Gasteiger charge is 2.65. The van der Waals surface area contributed by atoms with Crippen LogP contribution in [-0.4, -0.2) is 89.0 Å². The van der Waals surface area contributed by atoms with Gasteiger partial charge in [0.25, 0.3) is 5.88 Å². The Labute approximate surface area is 320 Å². The molecule has 1 aromatic carbocycles. The molecule has 1 saturated heterocycles. The molecule has 2 aliphatic heterocycles. The van der Waals surface area contributed by atoms with Crippen molar-refractivity contribution in [3.63, 3.8) is 0 Å². The van der Waals surface area contributed by atoms with Gasteiger partial charge >= 0.3 is 6.09 Å². The number of aliphatic hydroxyl groups is 2. The summed E-state index contributed by atoms with van der Waals surface area (Å²) in [5.41, 5.74) is -3.27. The van der Waals surface area contributed by atoms with E-state index < -0.39 is 58.3 Å². The molecule has 6 atom stereocenters. The zero-order chi connectivity index (χ0) is 39.6. The van der Waals surface area contributed by atoms with E-state index in [-0.39, 0.29) is 96.4 Å². The van der Waals surface area contributed by atoms with E-state index in [0.717, 1.165) is 19.3 Å². The number of aromatic nitrogens is 1. The van der Waals surface area contributed by atoms with Crippen molar-refractivity contribution in [2.45, 2.75) is 103 Å². The molecular weight excluding hydrogens is 711 g/mol. The second-order valence-electron chi connectivity index (χ2n) is 16.6. The third kappa shape index (κ3) is 6.24. The Hall–Kier alpha value is -4.27. The van der Waals surface area contributed by atoms with Crippen molar-refractivity contribution in [2.24, 2.45) is 17.8 Å². The molecule has 3 N–H and O–H groups in total. The molecule has 1 saturated carbocycles. The highest BCUT2D eigenvalue weighted by atomic mass is 19.1. The van der Waals surface area contributed by atoms with E-state index in [1.54, 1.807) is 26.8 Å². The number of benzene rings is 1. The van der Waals surface area contributed by atoms with Gasteiger partial charge in [0.15, 0.2) is 17.1 Å². The van der Waals surface area contributed by atoms with E-state index in [9.17, 15) is 24.6 Å². The lowest BCUT2D eigenvalue weighted by atomic mass is 9.57. The highest BCUT2D eigenvalue weighted by Crippen LogP contribution is 2.59. The lowest BCUT2D eigenvalue weighted by molar-refractivity contribution is -0.140. The van der Waals surface area contributed by atoms with E-state index in [1.165, 1.54) is 4.90 Å². The summed E-state index contributed by atoms with van der Waals surface area (Å²) >= 11 is 0. The molecule has 0 radical (unpaired) electrons. The lowest BCUT2D eigenvalue weighted by Gasteiger charge is -2.48. The number of halogens is 1. The predicted octanol–water partition coefficient (Wildman–Crippen LogP) is 6.39. The van der Waals surface area contributed by atoms with E-state index in [4.69, 9.17) is 18.7 Å². The number of unbranched alkanes of at least 4 members (excludes halogenated alkanes) is 2. The summed E-state index contributed by atoms with van der Waals surface area (Å²) in [7, 11) is 1.93. The highest BCUT2D eigenvalue weighted by molar-refractivity contribution is 6.26. The second-order valence-corrected chi connectivity index (χ2v) is 16.6. The Kier molecular flexibility index (Phi) is 10.4. The zero-order valence-electron chi connectivity index (χ0n) is 32.6. The zero-order valence-corrected chi connectivity index (χ0v) is 32.6. The third-order valence-electron chi connectivity index (χ3n) is 11.8.